The zero-order valence-corrected chi connectivity index (χ0v) is 10.0. The second kappa shape index (κ2) is 4.04. The third-order valence-electron chi connectivity index (χ3n) is 3.06. The lowest BCUT2D eigenvalue weighted by Crippen LogP contribution is -2.07. The summed E-state index contributed by atoms with van der Waals surface area (Å²) in [6.07, 6.45) is 0.122. The Morgan fingerprint density at radius 1 is 1.41 bits per heavy atom. The van der Waals surface area contributed by atoms with E-state index in [0.29, 0.717) is 0 Å². The molecule has 17 heavy (non-hydrogen) atoms. The van der Waals surface area contributed by atoms with Crippen molar-refractivity contribution in [2.75, 3.05) is 12.9 Å². The lowest BCUT2D eigenvalue weighted by molar-refractivity contribution is 0.156. The van der Waals surface area contributed by atoms with E-state index in [2.05, 4.69) is 0 Å². The van der Waals surface area contributed by atoms with Crippen LogP contribution in [0, 0.1) is 5.82 Å². The number of benzene rings is 1. The van der Waals surface area contributed by atoms with Crippen LogP contribution in [0.1, 0.15) is 29.6 Å². The maximum atomic E-state index is 13.7. The van der Waals surface area contributed by atoms with Gasteiger partial charge in [0.1, 0.15) is 5.82 Å². The van der Waals surface area contributed by atoms with E-state index < -0.39 is 27.7 Å². The van der Waals surface area contributed by atoms with Gasteiger partial charge in [0, 0.05) is 23.3 Å². The molecule has 0 unspecified atom stereocenters. The van der Waals surface area contributed by atoms with Crippen molar-refractivity contribution < 1.29 is 23.0 Å². The van der Waals surface area contributed by atoms with Crippen molar-refractivity contribution in [3.05, 3.63) is 29.1 Å². The lowest BCUT2D eigenvalue weighted by Gasteiger charge is -2.11. The van der Waals surface area contributed by atoms with Crippen LogP contribution in [0.3, 0.4) is 0 Å². The molecule has 0 aromatic heterocycles. The van der Waals surface area contributed by atoms with Crippen LogP contribution in [0.2, 0.25) is 0 Å². The Hall–Kier alpha value is -0.980. The molecule has 6 heteroatoms. The monoisotopic (exact) mass is 260 g/mol. The van der Waals surface area contributed by atoms with Crippen molar-refractivity contribution in [2.45, 2.75) is 23.3 Å². The first-order valence-corrected chi connectivity index (χ1v) is 7.06. The second-order valence-electron chi connectivity index (χ2n) is 4.28. The zero-order chi connectivity index (χ0) is 12.8. The summed E-state index contributed by atoms with van der Waals surface area (Å²) in [6, 6.07) is 2.22. The Bertz CT molecular complexity index is 553. The van der Waals surface area contributed by atoms with Crippen LogP contribution >= 0.6 is 0 Å². The van der Waals surface area contributed by atoms with E-state index in [1.54, 1.807) is 0 Å². The normalized spacial score (nSPS) is 23.8. The van der Waals surface area contributed by atoms with Gasteiger partial charge in [-0.3, -0.25) is 0 Å². The highest BCUT2D eigenvalue weighted by Gasteiger charge is 2.36. The number of fused-ring (bicyclic) bond motifs is 1. The van der Waals surface area contributed by atoms with Gasteiger partial charge < -0.3 is 10.2 Å². The minimum absolute atomic E-state index is 0.0580. The first-order valence-electron chi connectivity index (χ1n) is 5.17. The molecule has 0 saturated heterocycles. The summed E-state index contributed by atoms with van der Waals surface area (Å²) >= 11 is 0. The first kappa shape index (κ1) is 12.5. The van der Waals surface area contributed by atoms with Gasteiger partial charge in [-0.1, -0.05) is 0 Å². The van der Waals surface area contributed by atoms with Gasteiger partial charge in [0.15, 0.2) is 9.84 Å². The number of halogens is 1. The minimum atomic E-state index is -3.52. The van der Waals surface area contributed by atoms with E-state index in [4.69, 9.17) is 5.11 Å². The Morgan fingerprint density at radius 2 is 2.06 bits per heavy atom. The highest BCUT2D eigenvalue weighted by molar-refractivity contribution is 7.90. The molecule has 1 aliphatic carbocycles. The smallest absolute Gasteiger partial charge is 0.175 e. The van der Waals surface area contributed by atoms with E-state index in [1.807, 2.05) is 0 Å². The standard InChI is InChI=1S/C11H13FO4S/c1-17(15,16)9-3-2-7(12)10-6(5-13)4-8(14)11(9)10/h2-3,6,8,13-14H,4-5H2,1H3/t6-,8-/m0/s1. The van der Waals surface area contributed by atoms with E-state index in [-0.39, 0.29) is 29.1 Å². The number of sulfone groups is 1. The van der Waals surface area contributed by atoms with Crippen molar-refractivity contribution in [3.63, 3.8) is 0 Å². The van der Waals surface area contributed by atoms with Gasteiger partial charge >= 0.3 is 0 Å². The van der Waals surface area contributed by atoms with Crippen LogP contribution in [0.25, 0.3) is 0 Å². The summed E-state index contributed by atoms with van der Waals surface area (Å²) in [5, 5.41) is 18.9. The predicted octanol–water partition coefficient (Wildman–Crippen LogP) is 0.742. The van der Waals surface area contributed by atoms with Gasteiger partial charge in [-0.05, 0) is 18.6 Å². The molecule has 1 aliphatic rings. The number of hydrogen-bond acceptors (Lipinski definition) is 4. The van der Waals surface area contributed by atoms with Gasteiger partial charge in [-0.2, -0.15) is 0 Å². The fourth-order valence-corrected chi connectivity index (χ4v) is 3.30. The highest BCUT2D eigenvalue weighted by Crippen LogP contribution is 2.44. The third-order valence-corrected chi connectivity index (χ3v) is 4.22. The third kappa shape index (κ3) is 1.96. The maximum absolute atomic E-state index is 13.7. The van der Waals surface area contributed by atoms with E-state index in [1.165, 1.54) is 0 Å². The highest BCUT2D eigenvalue weighted by atomic mass is 32.2. The number of aliphatic hydroxyl groups excluding tert-OH is 2. The molecule has 1 aromatic rings. The molecule has 2 rings (SSSR count). The van der Waals surface area contributed by atoms with Crippen LogP contribution in [0.15, 0.2) is 17.0 Å². The summed E-state index contributed by atoms with van der Waals surface area (Å²) in [7, 11) is -3.52. The largest absolute Gasteiger partial charge is 0.396 e. The molecule has 0 heterocycles. The summed E-state index contributed by atoms with van der Waals surface area (Å²) in [4.78, 5) is -0.0580. The minimum Gasteiger partial charge on any atom is -0.396 e. The molecule has 2 atom stereocenters. The van der Waals surface area contributed by atoms with E-state index in [0.717, 1.165) is 18.4 Å². The quantitative estimate of drug-likeness (QED) is 0.769. The molecule has 0 amide bonds. The van der Waals surface area contributed by atoms with Gasteiger partial charge in [-0.15, -0.1) is 0 Å². The van der Waals surface area contributed by atoms with Gasteiger partial charge in [0.2, 0.25) is 0 Å². The van der Waals surface area contributed by atoms with Crippen molar-refractivity contribution in [2.24, 2.45) is 0 Å². The topological polar surface area (TPSA) is 74.6 Å². The Kier molecular flexibility index (Phi) is 2.97. The molecule has 0 radical (unpaired) electrons. The summed E-state index contributed by atoms with van der Waals surface area (Å²) in [6.45, 7) is -0.311. The second-order valence-corrected chi connectivity index (χ2v) is 6.26. The zero-order valence-electron chi connectivity index (χ0n) is 9.22. The van der Waals surface area contributed by atoms with Gasteiger partial charge in [0.05, 0.1) is 17.6 Å². The maximum Gasteiger partial charge on any atom is 0.175 e. The Labute approximate surface area is 98.6 Å². The summed E-state index contributed by atoms with van der Waals surface area (Å²) in [5.74, 6) is -1.12. The van der Waals surface area contributed by atoms with Crippen molar-refractivity contribution >= 4 is 9.84 Å². The van der Waals surface area contributed by atoms with Crippen molar-refractivity contribution in [1.29, 1.82) is 0 Å². The Morgan fingerprint density at radius 3 is 2.59 bits per heavy atom. The molecule has 0 aliphatic heterocycles. The molecule has 0 spiro atoms. The van der Waals surface area contributed by atoms with Crippen molar-refractivity contribution in [3.8, 4) is 0 Å². The molecule has 0 bridgehead atoms. The molecule has 2 N–H and O–H groups in total. The summed E-state index contributed by atoms with van der Waals surface area (Å²) < 4.78 is 36.7. The fourth-order valence-electron chi connectivity index (χ4n) is 2.34. The molecule has 1 aromatic carbocycles. The van der Waals surface area contributed by atoms with Crippen LogP contribution in [0.5, 0.6) is 0 Å². The average molecular weight is 260 g/mol. The van der Waals surface area contributed by atoms with Crippen LogP contribution in [-0.2, 0) is 9.84 Å². The van der Waals surface area contributed by atoms with E-state index >= 15 is 0 Å². The lowest BCUT2D eigenvalue weighted by atomic mass is 10.0. The Balaban J connectivity index is 2.74. The molecule has 4 nitrogen and oxygen atoms in total. The molecular formula is C11H13FO4S. The van der Waals surface area contributed by atoms with Crippen LogP contribution in [0.4, 0.5) is 4.39 Å². The predicted molar refractivity (Wildman–Crippen MR) is 58.9 cm³/mol. The van der Waals surface area contributed by atoms with Gasteiger partial charge in [-0.25, -0.2) is 12.8 Å². The first-order chi connectivity index (χ1) is 7.86. The SMILES string of the molecule is CS(=O)(=O)c1ccc(F)c2c1[C@@H](O)C[C@H]2CO. The molecular weight excluding hydrogens is 247 g/mol. The molecule has 0 saturated carbocycles. The molecule has 94 valence electrons. The fraction of sp³-hybridized carbons (Fsp3) is 0.455. The van der Waals surface area contributed by atoms with E-state index in [9.17, 15) is 17.9 Å². The van der Waals surface area contributed by atoms with Crippen molar-refractivity contribution in [1.82, 2.24) is 0 Å². The number of hydrogen-bond donors (Lipinski definition) is 2. The molecule has 0 fully saturated rings. The van der Waals surface area contributed by atoms with Crippen LogP contribution in [-0.4, -0.2) is 31.5 Å². The average Bonchev–Trinajstić information content (AvgIpc) is 2.56. The van der Waals surface area contributed by atoms with Gasteiger partial charge in [0.25, 0.3) is 0 Å². The number of rotatable bonds is 2. The number of aliphatic hydroxyl groups is 2. The van der Waals surface area contributed by atoms with Crippen LogP contribution < -0.4 is 0 Å². The summed E-state index contributed by atoms with van der Waals surface area (Å²) in [5.41, 5.74) is 0.231.